The Bertz CT molecular complexity index is 1350. The summed E-state index contributed by atoms with van der Waals surface area (Å²) in [5, 5.41) is 12.8. The Labute approximate surface area is 209 Å². The number of amides is 2. The number of hydroxylamine groups is 1. The van der Waals surface area contributed by atoms with E-state index in [0.29, 0.717) is 27.2 Å². The zero-order valence-corrected chi connectivity index (χ0v) is 20.3. The van der Waals surface area contributed by atoms with Gasteiger partial charge in [0.2, 0.25) is 5.91 Å². The fraction of sp³-hybridized carbons (Fsp3) is 0.200. The highest BCUT2D eigenvalue weighted by atomic mass is 79.9. The number of carbonyl (C=O) groups is 2. The number of nitro benzene ring substituents is 1. The molecule has 9 nitrogen and oxygen atoms in total. The molecule has 3 aromatic carbocycles. The van der Waals surface area contributed by atoms with Crippen molar-refractivity contribution in [1.29, 1.82) is 0 Å². The second-order valence-corrected chi connectivity index (χ2v) is 9.20. The molecule has 2 heterocycles. The van der Waals surface area contributed by atoms with E-state index in [1.165, 1.54) is 23.3 Å². The molecule has 10 heteroatoms. The van der Waals surface area contributed by atoms with Crippen LogP contribution in [0.3, 0.4) is 0 Å². The van der Waals surface area contributed by atoms with Crippen LogP contribution in [0.15, 0.2) is 71.2 Å². The minimum absolute atomic E-state index is 0.128. The number of hydrogen-bond acceptors (Lipinski definition) is 7. The highest BCUT2D eigenvalue weighted by molar-refractivity contribution is 9.10. The molecular weight excluding hydrogens is 518 g/mol. The van der Waals surface area contributed by atoms with Crippen molar-refractivity contribution in [2.24, 2.45) is 5.92 Å². The van der Waals surface area contributed by atoms with E-state index in [2.05, 4.69) is 15.9 Å². The topological polar surface area (TPSA) is 102 Å². The Balaban J connectivity index is 1.61. The molecule has 0 spiro atoms. The van der Waals surface area contributed by atoms with E-state index in [1.807, 2.05) is 19.1 Å². The Morgan fingerprint density at radius 3 is 2.40 bits per heavy atom. The van der Waals surface area contributed by atoms with Gasteiger partial charge in [-0.05, 0) is 58.7 Å². The molecule has 3 atom stereocenters. The minimum Gasteiger partial charge on any atom is -0.496 e. The Morgan fingerprint density at radius 2 is 1.74 bits per heavy atom. The van der Waals surface area contributed by atoms with Crippen LogP contribution in [-0.4, -0.2) is 30.0 Å². The lowest BCUT2D eigenvalue weighted by Crippen LogP contribution is -2.37. The van der Waals surface area contributed by atoms with E-state index in [-0.39, 0.29) is 5.69 Å². The maximum atomic E-state index is 13.7. The van der Waals surface area contributed by atoms with Crippen LogP contribution in [0.4, 0.5) is 17.1 Å². The number of hydrogen-bond donors (Lipinski definition) is 0. The van der Waals surface area contributed by atoms with Crippen LogP contribution in [0.2, 0.25) is 0 Å². The summed E-state index contributed by atoms with van der Waals surface area (Å²) in [5.41, 5.74) is 2.40. The molecule has 2 aliphatic heterocycles. The fourth-order valence-electron chi connectivity index (χ4n) is 4.54. The number of benzene rings is 3. The van der Waals surface area contributed by atoms with Crippen LogP contribution in [0.1, 0.15) is 17.2 Å². The number of carbonyl (C=O) groups excluding carboxylic acids is 2. The van der Waals surface area contributed by atoms with Crippen molar-refractivity contribution in [2.75, 3.05) is 17.1 Å². The third-order valence-electron chi connectivity index (χ3n) is 6.22. The first-order valence-corrected chi connectivity index (χ1v) is 11.6. The largest absolute Gasteiger partial charge is 0.496 e. The summed E-state index contributed by atoms with van der Waals surface area (Å²) in [6.07, 6.45) is -1.08. The zero-order valence-electron chi connectivity index (χ0n) is 18.8. The number of rotatable bonds is 5. The van der Waals surface area contributed by atoms with Crippen LogP contribution >= 0.6 is 15.9 Å². The van der Waals surface area contributed by atoms with Gasteiger partial charge in [0.1, 0.15) is 11.7 Å². The van der Waals surface area contributed by atoms with Gasteiger partial charge in [-0.15, -0.1) is 0 Å². The van der Waals surface area contributed by atoms with Gasteiger partial charge < -0.3 is 4.74 Å². The Morgan fingerprint density at radius 1 is 1.00 bits per heavy atom. The third kappa shape index (κ3) is 3.84. The summed E-state index contributed by atoms with van der Waals surface area (Å²) in [5.74, 6) is -1.13. The highest BCUT2D eigenvalue weighted by Crippen LogP contribution is 2.48. The van der Waals surface area contributed by atoms with Crippen LogP contribution in [0.5, 0.6) is 5.75 Å². The van der Waals surface area contributed by atoms with Crippen molar-refractivity contribution < 1.29 is 24.1 Å². The SMILES string of the molecule is COc1ccc([C@@H]2[C@H]3C(=O)N(c4ccc(C)cc4)C(=O)[C@H]3ON2c2cccc([N+](=O)[O-])c2)cc1Br. The lowest BCUT2D eigenvalue weighted by Gasteiger charge is -2.29. The molecule has 0 aromatic heterocycles. The van der Waals surface area contributed by atoms with Crippen LogP contribution in [0.25, 0.3) is 0 Å². The quantitative estimate of drug-likeness (QED) is 0.263. The van der Waals surface area contributed by atoms with Crippen LogP contribution in [-0.2, 0) is 14.4 Å². The van der Waals surface area contributed by atoms with Crippen molar-refractivity contribution in [2.45, 2.75) is 19.1 Å². The predicted octanol–water partition coefficient (Wildman–Crippen LogP) is 4.73. The minimum atomic E-state index is -1.08. The maximum absolute atomic E-state index is 13.7. The molecule has 0 bridgehead atoms. The monoisotopic (exact) mass is 537 g/mol. The van der Waals surface area contributed by atoms with E-state index in [1.54, 1.807) is 43.5 Å². The molecule has 0 aliphatic carbocycles. The zero-order chi connectivity index (χ0) is 24.9. The van der Waals surface area contributed by atoms with Gasteiger partial charge in [-0.3, -0.25) is 24.5 Å². The molecule has 0 saturated carbocycles. The smallest absolute Gasteiger partial charge is 0.271 e. The molecule has 2 fully saturated rings. The summed E-state index contributed by atoms with van der Waals surface area (Å²) < 4.78 is 5.99. The first-order chi connectivity index (χ1) is 16.8. The van der Waals surface area contributed by atoms with E-state index < -0.39 is 34.8 Å². The molecule has 0 unspecified atom stereocenters. The number of non-ortho nitro benzene ring substituents is 1. The summed E-state index contributed by atoms with van der Waals surface area (Å²) >= 11 is 3.48. The fourth-order valence-corrected chi connectivity index (χ4v) is 5.09. The number of fused-ring (bicyclic) bond motifs is 1. The number of imide groups is 1. The highest BCUT2D eigenvalue weighted by Gasteiger charge is 2.60. The van der Waals surface area contributed by atoms with Crippen molar-refractivity contribution in [3.8, 4) is 5.75 Å². The Hall–Kier alpha value is -3.76. The Kier molecular flexibility index (Phi) is 5.78. The molecule has 35 heavy (non-hydrogen) atoms. The van der Waals surface area contributed by atoms with Crippen molar-refractivity contribution in [3.63, 3.8) is 0 Å². The van der Waals surface area contributed by atoms with Gasteiger partial charge in [-0.2, -0.15) is 0 Å². The average molecular weight is 538 g/mol. The van der Waals surface area contributed by atoms with E-state index in [9.17, 15) is 19.7 Å². The van der Waals surface area contributed by atoms with Crippen LogP contribution < -0.4 is 14.7 Å². The first kappa shape index (κ1) is 23.0. The summed E-state index contributed by atoms with van der Waals surface area (Å²) in [6.45, 7) is 1.92. The van der Waals surface area contributed by atoms with Gasteiger partial charge in [0.05, 0.1) is 33.9 Å². The molecule has 2 amide bonds. The molecule has 2 saturated heterocycles. The summed E-state index contributed by atoms with van der Waals surface area (Å²) in [6, 6.07) is 17.6. The molecule has 0 N–H and O–H groups in total. The molecule has 5 rings (SSSR count). The van der Waals surface area contributed by atoms with Gasteiger partial charge in [0.15, 0.2) is 6.10 Å². The van der Waals surface area contributed by atoms with E-state index in [0.717, 1.165) is 10.5 Å². The van der Waals surface area contributed by atoms with Crippen molar-refractivity contribution >= 4 is 44.8 Å². The summed E-state index contributed by atoms with van der Waals surface area (Å²) in [7, 11) is 1.54. The second kappa shape index (κ2) is 8.79. The third-order valence-corrected chi connectivity index (χ3v) is 6.84. The van der Waals surface area contributed by atoms with Gasteiger partial charge in [0.25, 0.3) is 11.6 Å². The van der Waals surface area contributed by atoms with E-state index in [4.69, 9.17) is 9.57 Å². The number of anilines is 2. The normalized spacial score (nSPS) is 21.4. The molecule has 2 aliphatic rings. The maximum Gasteiger partial charge on any atom is 0.271 e. The molecular formula is C25H20BrN3O6. The number of halogens is 1. The first-order valence-electron chi connectivity index (χ1n) is 10.8. The predicted molar refractivity (Wildman–Crippen MR) is 131 cm³/mol. The standard InChI is InChI=1S/C25H20BrN3O6/c1-14-6-9-16(10-7-14)27-24(30)21-22(15-8-11-20(34-2)19(26)12-15)28(35-23(21)25(27)31)17-4-3-5-18(13-17)29(32)33/h3-13,21-23H,1-2H3/t21-,22-,23+/m1/s1. The van der Waals surface area contributed by atoms with Crippen LogP contribution in [0, 0.1) is 23.0 Å². The van der Waals surface area contributed by atoms with Gasteiger partial charge >= 0.3 is 0 Å². The second-order valence-electron chi connectivity index (χ2n) is 8.34. The number of methoxy groups -OCH3 is 1. The number of aryl methyl sites for hydroxylation is 1. The van der Waals surface area contributed by atoms with Gasteiger partial charge in [-0.1, -0.05) is 29.8 Å². The molecule has 3 aromatic rings. The van der Waals surface area contributed by atoms with Crippen molar-refractivity contribution in [3.05, 3.63) is 92.4 Å². The average Bonchev–Trinajstić information content (AvgIpc) is 3.36. The van der Waals surface area contributed by atoms with Crippen molar-refractivity contribution in [1.82, 2.24) is 0 Å². The summed E-state index contributed by atoms with van der Waals surface area (Å²) in [4.78, 5) is 45.2. The number of nitrogens with zero attached hydrogens (tertiary/aromatic N) is 3. The molecule has 0 radical (unpaired) electrons. The lowest BCUT2D eigenvalue weighted by molar-refractivity contribution is -0.384. The molecule has 178 valence electrons. The van der Waals surface area contributed by atoms with Gasteiger partial charge in [0, 0.05) is 12.1 Å². The number of ether oxygens (including phenoxy) is 1. The lowest BCUT2D eigenvalue weighted by atomic mass is 9.90. The number of nitro groups is 1. The van der Waals surface area contributed by atoms with E-state index >= 15 is 0 Å². The van der Waals surface area contributed by atoms with Gasteiger partial charge in [-0.25, -0.2) is 9.96 Å².